The van der Waals surface area contributed by atoms with Gasteiger partial charge in [0.25, 0.3) is 5.56 Å². The van der Waals surface area contributed by atoms with Gasteiger partial charge in [-0.1, -0.05) is 0 Å². The Hall–Kier alpha value is -2.44. The maximum atomic E-state index is 11.4. The van der Waals surface area contributed by atoms with E-state index in [0.29, 0.717) is 0 Å². The summed E-state index contributed by atoms with van der Waals surface area (Å²) in [7, 11) is 1.68. The lowest BCUT2D eigenvalue weighted by Crippen LogP contribution is -2.47. The van der Waals surface area contributed by atoms with Crippen LogP contribution in [-0.4, -0.2) is 45.9 Å². The first-order chi connectivity index (χ1) is 10.6. The molecule has 0 aliphatic carbocycles. The molecule has 1 aliphatic heterocycles. The molecule has 2 aromatic rings. The van der Waals surface area contributed by atoms with Crippen molar-refractivity contribution in [3.63, 3.8) is 0 Å². The second kappa shape index (κ2) is 5.75. The topological polar surface area (TPSA) is 67.2 Å². The van der Waals surface area contributed by atoms with Crippen LogP contribution in [-0.2, 0) is 7.05 Å². The van der Waals surface area contributed by atoms with Crippen LogP contribution < -0.4 is 15.4 Å². The van der Waals surface area contributed by atoms with Gasteiger partial charge in [0.15, 0.2) is 0 Å². The molecule has 116 valence electrons. The van der Waals surface area contributed by atoms with Crippen molar-refractivity contribution in [3.8, 4) is 0 Å². The number of hydrogen-bond acceptors (Lipinski definition) is 6. The Morgan fingerprint density at radius 3 is 2.36 bits per heavy atom. The fourth-order valence-corrected chi connectivity index (χ4v) is 2.65. The molecule has 7 nitrogen and oxygen atoms in total. The van der Waals surface area contributed by atoms with Crippen molar-refractivity contribution < 1.29 is 0 Å². The van der Waals surface area contributed by atoms with Gasteiger partial charge in [-0.15, -0.1) is 0 Å². The van der Waals surface area contributed by atoms with Crippen molar-refractivity contribution >= 4 is 11.6 Å². The summed E-state index contributed by atoms with van der Waals surface area (Å²) in [6, 6.07) is 3.35. The van der Waals surface area contributed by atoms with Gasteiger partial charge in [-0.2, -0.15) is 5.10 Å². The number of piperazine rings is 1. The Bertz CT molecular complexity index is 733. The Balaban J connectivity index is 1.73. The summed E-state index contributed by atoms with van der Waals surface area (Å²) >= 11 is 0. The summed E-state index contributed by atoms with van der Waals surface area (Å²) < 4.78 is 1.37. The molecule has 0 saturated carbocycles. The largest absolute Gasteiger partial charge is 0.353 e. The number of anilines is 2. The molecule has 7 heteroatoms. The zero-order valence-electron chi connectivity index (χ0n) is 13.2. The minimum absolute atomic E-state index is 0.0885. The van der Waals surface area contributed by atoms with E-state index in [1.165, 1.54) is 4.68 Å². The predicted molar refractivity (Wildman–Crippen MR) is 85.4 cm³/mol. The quantitative estimate of drug-likeness (QED) is 0.805. The van der Waals surface area contributed by atoms with Gasteiger partial charge in [0, 0.05) is 50.6 Å². The smallest absolute Gasteiger partial charge is 0.266 e. The standard InChI is InChI=1S/C15H20N6O/c1-11-12(2)16-10-17-15(11)21-8-6-20(7-9-21)13-4-5-14(22)19(3)18-13/h4-5,10H,6-9H2,1-3H3. The highest BCUT2D eigenvalue weighted by Gasteiger charge is 2.21. The van der Waals surface area contributed by atoms with Crippen LogP contribution in [0.15, 0.2) is 23.3 Å². The summed E-state index contributed by atoms with van der Waals surface area (Å²) in [6.45, 7) is 7.53. The molecule has 0 unspecified atom stereocenters. The van der Waals surface area contributed by atoms with Crippen LogP contribution >= 0.6 is 0 Å². The third-order valence-electron chi connectivity index (χ3n) is 4.16. The lowest BCUT2D eigenvalue weighted by atomic mass is 10.2. The van der Waals surface area contributed by atoms with Crippen molar-refractivity contribution in [2.45, 2.75) is 13.8 Å². The molecule has 0 N–H and O–H groups in total. The van der Waals surface area contributed by atoms with E-state index in [4.69, 9.17) is 0 Å². The third-order valence-corrected chi connectivity index (χ3v) is 4.16. The van der Waals surface area contributed by atoms with Crippen LogP contribution in [0.3, 0.4) is 0 Å². The zero-order chi connectivity index (χ0) is 15.7. The Morgan fingerprint density at radius 2 is 1.68 bits per heavy atom. The van der Waals surface area contributed by atoms with E-state index in [-0.39, 0.29) is 5.56 Å². The van der Waals surface area contributed by atoms with Crippen LogP contribution in [0.5, 0.6) is 0 Å². The molecule has 1 aliphatic rings. The van der Waals surface area contributed by atoms with Gasteiger partial charge in [0.05, 0.1) is 0 Å². The summed E-state index contributed by atoms with van der Waals surface area (Å²) in [6.07, 6.45) is 1.62. The van der Waals surface area contributed by atoms with Crippen LogP contribution in [0, 0.1) is 13.8 Å². The average molecular weight is 300 g/mol. The number of aryl methyl sites for hydroxylation is 2. The predicted octanol–water partition coefficient (Wildman–Crippen LogP) is 0.514. The second-order valence-electron chi connectivity index (χ2n) is 5.54. The first kappa shape index (κ1) is 14.5. The van der Waals surface area contributed by atoms with Crippen LogP contribution in [0.1, 0.15) is 11.3 Å². The Labute approximate surface area is 129 Å². The van der Waals surface area contributed by atoms with Crippen LogP contribution in [0.25, 0.3) is 0 Å². The number of nitrogens with zero attached hydrogens (tertiary/aromatic N) is 6. The third kappa shape index (κ3) is 2.66. The van der Waals surface area contributed by atoms with Crippen molar-refractivity contribution in [3.05, 3.63) is 40.1 Å². The Kier molecular flexibility index (Phi) is 3.79. The van der Waals surface area contributed by atoms with E-state index >= 15 is 0 Å². The van der Waals surface area contributed by atoms with E-state index in [1.54, 1.807) is 25.5 Å². The molecule has 0 bridgehead atoms. The molecular formula is C15H20N6O. The van der Waals surface area contributed by atoms with Gasteiger partial charge in [0.2, 0.25) is 0 Å². The molecule has 0 atom stereocenters. The monoisotopic (exact) mass is 300 g/mol. The maximum Gasteiger partial charge on any atom is 0.266 e. The summed E-state index contributed by atoms with van der Waals surface area (Å²) in [5, 5.41) is 4.31. The van der Waals surface area contributed by atoms with Crippen LogP contribution in [0.2, 0.25) is 0 Å². The first-order valence-corrected chi connectivity index (χ1v) is 7.38. The number of rotatable bonds is 2. The fraction of sp³-hybridized carbons (Fsp3) is 0.467. The first-order valence-electron chi connectivity index (χ1n) is 7.38. The minimum Gasteiger partial charge on any atom is -0.353 e. The molecule has 0 radical (unpaired) electrons. The van der Waals surface area contributed by atoms with Gasteiger partial charge >= 0.3 is 0 Å². The van der Waals surface area contributed by atoms with Gasteiger partial charge < -0.3 is 9.80 Å². The molecule has 3 rings (SSSR count). The van der Waals surface area contributed by atoms with E-state index in [1.807, 2.05) is 6.92 Å². The highest BCUT2D eigenvalue weighted by atomic mass is 16.1. The summed E-state index contributed by atoms with van der Waals surface area (Å²) in [5.74, 6) is 1.86. The molecule has 3 heterocycles. The molecule has 0 amide bonds. The highest BCUT2D eigenvalue weighted by molar-refractivity contribution is 5.49. The van der Waals surface area contributed by atoms with Crippen molar-refractivity contribution in [2.24, 2.45) is 7.05 Å². The van der Waals surface area contributed by atoms with E-state index in [0.717, 1.165) is 49.1 Å². The SMILES string of the molecule is Cc1ncnc(N2CCN(c3ccc(=O)n(C)n3)CC2)c1C. The van der Waals surface area contributed by atoms with Gasteiger partial charge in [-0.3, -0.25) is 4.79 Å². The van der Waals surface area contributed by atoms with E-state index in [2.05, 4.69) is 31.8 Å². The molecule has 1 saturated heterocycles. The lowest BCUT2D eigenvalue weighted by Gasteiger charge is -2.36. The molecule has 0 spiro atoms. The normalized spacial score (nSPS) is 15.2. The van der Waals surface area contributed by atoms with Gasteiger partial charge in [-0.25, -0.2) is 14.6 Å². The molecule has 0 aromatic carbocycles. The number of hydrogen-bond donors (Lipinski definition) is 0. The molecule has 22 heavy (non-hydrogen) atoms. The molecule has 2 aromatic heterocycles. The summed E-state index contributed by atoms with van der Waals surface area (Å²) in [5.41, 5.74) is 2.07. The van der Waals surface area contributed by atoms with E-state index in [9.17, 15) is 4.79 Å². The average Bonchev–Trinajstić information content (AvgIpc) is 2.53. The fourth-order valence-electron chi connectivity index (χ4n) is 2.65. The minimum atomic E-state index is -0.0885. The molecule has 1 fully saturated rings. The second-order valence-corrected chi connectivity index (χ2v) is 5.54. The number of aromatic nitrogens is 4. The van der Waals surface area contributed by atoms with E-state index < -0.39 is 0 Å². The van der Waals surface area contributed by atoms with Crippen molar-refractivity contribution in [1.82, 2.24) is 19.7 Å². The van der Waals surface area contributed by atoms with Crippen molar-refractivity contribution in [2.75, 3.05) is 36.0 Å². The zero-order valence-corrected chi connectivity index (χ0v) is 13.2. The summed E-state index contributed by atoms with van der Waals surface area (Å²) in [4.78, 5) is 24.5. The molecular weight excluding hydrogens is 280 g/mol. The maximum absolute atomic E-state index is 11.4. The highest BCUT2D eigenvalue weighted by Crippen LogP contribution is 2.21. The van der Waals surface area contributed by atoms with Crippen molar-refractivity contribution in [1.29, 1.82) is 0 Å². The Morgan fingerprint density at radius 1 is 1.00 bits per heavy atom. The van der Waals surface area contributed by atoms with Crippen LogP contribution in [0.4, 0.5) is 11.6 Å². The van der Waals surface area contributed by atoms with Gasteiger partial charge in [-0.05, 0) is 19.9 Å². The van der Waals surface area contributed by atoms with Gasteiger partial charge in [0.1, 0.15) is 18.0 Å². The lowest BCUT2D eigenvalue weighted by molar-refractivity contribution is 0.618.